The van der Waals surface area contributed by atoms with E-state index >= 15 is 0 Å². The molecule has 1 aromatic carbocycles. The molecule has 0 bridgehead atoms. The lowest BCUT2D eigenvalue weighted by atomic mass is 10.1. The maximum Gasteiger partial charge on any atom is 0.261 e. The summed E-state index contributed by atoms with van der Waals surface area (Å²) in [5.41, 5.74) is 0.880. The van der Waals surface area contributed by atoms with E-state index in [1.807, 2.05) is 31.3 Å². The molecule has 3 rings (SSSR count). The van der Waals surface area contributed by atoms with Crippen LogP contribution >= 0.6 is 0 Å². The fourth-order valence-electron chi connectivity index (χ4n) is 3.67. The lowest BCUT2D eigenvalue weighted by Gasteiger charge is -2.32. The molecule has 1 unspecified atom stereocenters. The number of quaternary nitrogens is 2. The van der Waals surface area contributed by atoms with E-state index in [1.165, 1.54) is 0 Å². The van der Waals surface area contributed by atoms with Crippen LogP contribution in [0.25, 0.3) is 10.9 Å². The third kappa shape index (κ3) is 2.66. The fraction of sp³-hybridized carbons (Fsp3) is 0.529. The van der Waals surface area contributed by atoms with Crippen LogP contribution in [0.3, 0.4) is 0 Å². The Morgan fingerprint density at radius 2 is 2.23 bits per heavy atom. The van der Waals surface area contributed by atoms with E-state index in [0.29, 0.717) is 17.5 Å². The molecule has 3 N–H and O–H groups in total. The Kier molecular flexibility index (Phi) is 4.27. The number of rotatable bonds is 3. The van der Waals surface area contributed by atoms with Crippen molar-refractivity contribution in [2.24, 2.45) is 7.05 Å². The van der Waals surface area contributed by atoms with Gasteiger partial charge in [0.25, 0.3) is 5.56 Å². The van der Waals surface area contributed by atoms with Gasteiger partial charge >= 0.3 is 0 Å². The first-order valence-corrected chi connectivity index (χ1v) is 8.25. The Morgan fingerprint density at radius 1 is 1.45 bits per heavy atom. The number of hydrogen-bond acceptors (Lipinski definition) is 2. The Labute approximate surface area is 131 Å². The molecule has 22 heavy (non-hydrogen) atoms. The zero-order chi connectivity index (χ0) is 15.7. The highest BCUT2D eigenvalue weighted by Gasteiger charge is 2.32. The summed E-state index contributed by atoms with van der Waals surface area (Å²) in [7, 11) is 1.86. The van der Waals surface area contributed by atoms with Crippen LogP contribution < -0.4 is 15.8 Å². The highest BCUT2D eigenvalue weighted by molar-refractivity contribution is 5.77. The number of hydrogen-bond donors (Lipinski definition) is 2. The number of nitrogens with one attached hydrogen (secondary N) is 1. The summed E-state index contributed by atoms with van der Waals surface area (Å²) in [6, 6.07) is 8.57. The normalized spacial score (nSPS) is 23.6. The second kappa shape index (κ2) is 6.18. The maximum absolute atomic E-state index is 12.6. The van der Waals surface area contributed by atoms with Crippen LogP contribution in [-0.2, 0) is 7.05 Å². The summed E-state index contributed by atoms with van der Waals surface area (Å²) < 4.78 is 1.76. The van der Waals surface area contributed by atoms with Crippen molar-refractivity contribution in [2.45, 2.75) is 32.4 Å². The number of aromatic nitrogens is 2. The fourth-order valence-corrected chi connectivity index (χ4v) is 3.67. The van der Waals surface area contributed by atoms with E-state index in [9.17, 15) is 4.79 Å². The average molecular weight is 302 g/mol. The predicted molar refractivity (Wildman–Crippen MR) is 87.0 cm³/mol. The molecule has 1 saturated heterocycles. The predicted octanol–water partition coefficient (Wildman–Crippen LogP) is -0.765. The first-order valence-electron chi connectivity index (χ1n) is 8.25. The molecule has 5 heteroatoms. The van der Waals surface area contributed by atoms with E-state index in [1.54, 1.807) is 9.47 Å². The van der Waals surface area contributed by atoms with Crippen LogP contribution in [0, 0.1) is 0 Å². The lowest BCUT2D eigenvalue weighted by molar-refractivity contribution is -0.981. The molecule has 118 valence electrons. The second-order valence-corrected chi connectivity index (χ2v) is 6.43. The Balaban J connectivity index is 2.07. The minimum absolute atomic E-state index is 0.0649. The summed E-state index contributed by atoms with van der Waals surface area (Å²) in [6.07, 6.45) is 1.00. The van der Waals surface area contributed by atoms with Crippen molar-refractivity contribution in [1.82, 2.24) is 9.55 Å². The highest BCUT2D eigenvalue weighted by Crippen LogP contribution is 2.13. The SMILES string of the molecule is CC[C@H](c1nc2ccccc2c(=O)n1C)[NH+]1CC[NH2+][C@H](C)C1. The van der Waals surface area contributed by atoms with Gasteiger partial charge in [-0.25, -0.2) is 4.98 Å². The zero-order valence-corrected chi connectivity index (χ0v) is 13.7. The average Bonchev–Trinajstić information content (AvgIpc) is 2.53. The van der Waals surface area contributed by atoms with Crippen LogP contribution in [0.1, 0.15) is 32.1 Å². The molecule has 0 amide bonds. The van der Waals surface area contributed by atoms with Gasteiger partial charge in [0.15, 0.2) is 5.82 Å². The van der Waals surface area contributed by atoms with Crippen molar-refractivity contribution in [3.8, 4) is 0 Å². The minimum Gasteiger partial charge on any atom is -0.335 e. The summed E-state index contributed by atoms with van der Waals surface area (Å²) in [5.74, 6) is 0.926. The first-order chi connectivity index (χ1) is 10.6. The van der Waals surface area contributed by atoms with Crippen molar-refractivity contribution < 1.29 is 10.2 Å². The van der Waals surface area contributed by atoms with Gasteiger partial charge in [-0.1, -0.05) is 19.1 Å². The molecule has 0 aliphatic carbocycles. The summed E-state index contributed by atoms with van der Waals surface area (Å²) in [5, 5.41) is 3.11. The standard InChI is InChI=1S/C17H24N4O/c1-4-15(21-10-9-18-12(2)11-21)16-19-14-8-6-5-7-13(14)17(22)20(16)3/h5-8,12,15,18H,4,9-11H2,1-3H3/p+2/t12-,15-/m1/s1. The van der Waals surface area contributed by atoms with Gasteiger partial charge in [0, 0.05) is 13.5 Å². The van der Waals surface area contributed by atoms with Crippen LogP contribution in [0.15, 0.2) is 29.1 Å². The molecule has 2 aromatic rings. The first kappa shape index (κ1) is 15.2. The molecule has 3 atom stereocenters. The van der Waals surface area contributed by atoms with Crippen LogP contribution in [0.2, 0.25) is 0 Å². The van der Waals surface area contributed by atoms with Gasteiger partial charge in [0.05, 0.1) is 10.9 Å². The van der Waals surface area contributed by atoms with Gasteiger partial charge < -0.3 is 10.2 Å². The van der Waals surface area contributed by atoms with Gasteiger partial charge in [0.2, 0.25) is 0 Å². The molecule has 5 nitrogen and oxygen atoms in total. The Hall–Kier alpha value is -1.72. The van der Waals surface area contributed by atoms with E-state index in [-0.39, 0.29) is 5.56 Å². The van der Waals surface area contributed by atoms with Crippen molar-refractivity contribution in [3.63, 3.8) is 0 Å². The van der Waals surface area contributed by atoms with Gasteiger partial charge in [0.1, 0.15) is 31.7 Å². The number of benzene rings is 1. The molecule has 2 heterocycles. The maximum atomic E-state index is 12.6. The molecule has 1 aromatic heterocycles. The van der Waals surface area contributed by atoms with E-state index in [4.69, 9.17) is 4.98 Å². The van der Waals surface area contributed by atoms with Crippen LogP contribution in [-0.4, -0.2) is 35.2 Å². The minimum atomic E-state index is 0.0649. The van der Waals surface area contributed by atoms with Crippen molar-refractivity contribution in [1.29, 1.82) is 0 Å². The van der Waals surface area contributed by atoms with Gasteiger partial charge in [-0.2, -0.15) is 0 Å². The van der Waals surface area contributed by atoms with E-state index < -0.39 is 0 Å². The molecule has 0 radical (unpaired) electrons. The molecular weight excluding hydrogens is 276 g/mol. The summed E-state index contributed by atoms with van der Waals surface area (Å²) >= 11 is 0. The Bertz CT molecular complexity index is 724. The number of nitrogens with two attached hydrogens (primary N) is 1. The van der Waals surface area contributed by atoms with Crippen molar-refractivity contribution in [3.05, 3.63) is 40.4 Å². The molecule has 0 spiro atoms. The third-order valence-electron chi connectivity index (χ3n) is 4.85. The van der Waals surface area contributed by atoms with E-state index in [0.717, 1.165) is 37.4 Å². The van der Waals surface area contributed by atoms with Crippen LogP contribution in [0.5, 0.6) is 0 Å². The molecule has 1 aliphatic rings. The zero-order valence-electron chi connectivity index (χ0n) is 13.7. The van der Waals surface area contributed by atoms with Gasteiger partial charge in [-0.05, 0) is 19.1 Å². The van der Waals surface area contributed by atoms with Crippen molar-refractivity contribution in [2.75, 3.05) is 19.6 Å². The number of piperazine rings is 1. The van der Waals surface area contributed by atoms with E-state index in [2.05, 4.69) is 19.2 Å². The van der Waals surface area contributed by atoms with Gasteiger partial charge in [-0.15, -0.1) is 0 Å². The lowest BCUT2D eigenvalue weighted by Crippen LogP contribution is -3.22. The monoisotopic (exact) mass is 302 g/mol. The number of nitrogens with zero attached hydrogens (tertiary/aromatic N) is 2. The molecular formula is C17H26N4O+2. The topological polar surface area (TPSA) is 55.9 Å². The summed E-state index contributed by atoms with van der Waals surface area (Å²) in [6.45, 7) is 7.88. The smallest absolute Gasteiger partial charge is 0.261 e. The quantitative estimate of drug-likeness (QED) is 0.783. The number of para-hydroxylation sites is 1. The highest BCUT2D eigenvalue weighted by atomic mass is 16.1. The molecule has 0 saturated carbocycles. The second-order valence-electron chi connectivity index (χ2n) is 6.43. The van der Waals surface area contributed by atoms with Crippen LogP contribution in [0.4, 0.5) is 0 Å². The molecule has 1 fully saturated rings. The van der Waals surface area contributed by atoms with Gasteiger partial charge in [-0.3, -0.25) is 9.36 Å². The largest absolute Gasteiger partial charge is 0.335 e. The third-order valence-corrected chi connectivity index (χ3v) is 4.85. The molecule has 1 aliphatic heterocycles. The summed E-state index contributed by atoms with van der Waals surface area (Å²) in [4.78, 5) is 19.0. The number of fused-ring (bicyclic) bond motifs is 1. The van der Waals surface area contributed by atoms with Crippen molar-refractivity contribution >= 4 is 10.9 Å². The Morgan fingerprint density at radius 3 is 2.95 bits per heavy atom.